The van der Waals surface area contributed by atoms with E-state index in [1.807, 2.05) is 19.1 Å². The average molecular weight is 366 g/mol. The Bertz CT molecular complexity index is 626. The second kappa shape index (κ2) is 9.38. The molecule has 1 unspecified atom stereocenters. The van der Waals surface area contributed by atoms with E-state index in [2.05, 4.69) is 36.2 Å². The van der Waals surface area contributed by atoms with Crippen LogP contribution in [0, 0.1) is 5.92 Å². The first-order valence-electron chi connectivity index (χ1n) is 9.35. The van der Waals surface area contributed by atoms with Crippen molar-refractivity contribution in [3.63, 3.8) is 0 Å². The molecule has 0 bridgehead atoms. The van der Waals surface area contributed by atoms with Gasteiger partial charge < -0.3 is 10.2 Å². The molecular formula is C21H29F3N2. The fourth-order valence-corrected chi connectivity index (χ4v) is 3.28. The van der Waals surface area contributed by atoms with E-state index in [0.717, 1.165) is 43.9 Å². The van der Waals surface area contributed by atoms with Gasteiger partial charge in [0.25, 0.3) is 0 Å². The number of halogens is 3. The Hall–Kier alpha value is -1.59. The van der Waals surface area contributed by atoms with Crippen LogP contribution >= 0.6 is 0 Å². The van der Waals surface area contributed by atoms with Crippen LogP contribution in [-0.2, 0) is 6.54 Å². The molecule has 0 amide bonds. The van der Waals surface area contributed by atoms with Crippen LogP contribution in [0.1, 0.15) is 38.3 Å². The predicted octanol–water partition coefficient (Wildman–Crippen LogP) is 5.03. The molecule has 0 aromatic heterocycles. The first-order chi connectivity index (χ1) is 12.3. The van der Waals surface area contributed by atoms with Gasteiger partial charge in [-0.05, 0) is 42.1 Å². The van der Waals surface area contributed by atoms with Gasteiger partial charge in [-0.15, -0.1) is 0 Å². The van der Waals surface area contributed by atoms with Crippen molar-refractivity contribution in [1.29, 1.82) is 0 Å². The van der Waals surface area contributed by atoms with E-state index in [-0.39, 0.29) is 12.3 Å². The highest BCUT2D eigenvalue weighted by atomic mass is 19.4. The Balaban J connectivity index is 1.93. The first-order valence-corrected chi connectivity index (χ1v) is 9.35. The van der Waals surface area contributed by atoms with E-state index in [9.17, 15) is 13.2 Å². The second-order valence-corrected chi connectivity index (χ2v) is 6.82. The van der Waals surface area contributed by atoms with Gasteiger partial charge in [-0.25, -0.2) is 0 Å². The standard InChI is InChI=1S/C21H29F3N2/c1-4-26(5-2)13-12-25-15-17-6-8-18(9-7-17)20-11-10-19(14-16(20)3)21(22,23)24/h6-11,16,25H,4-5,12-15H2,1-3H3. The third-order valence-electron chi connectivity index (χ3n) is 5.00. The van der Waals surface area contributed by atoms with Crippen LogP contribution in [0.25, 0.3) is 5.57 Å². The van der Waals surface area contributed by atoms with Crippen LogP contribution in [0.15, 0.2) is 42.0 Å². The van der Waals surface area contributed by atoms with E-state index in [1.165, 1.54) is 11.6 Å². The minimum absolute atomic E-state index is 0.0456. The molecular weight excluding hydrogens is 337 g/mol. The van der Waals surface area contributed by atoms with Gasteiger partial charge in [0.15, 0.2) is 0 Å². The maximum absolute atomic E-state index is 12.8. The Morgan fingerprint density at radius 1 is 1.08 bits per heavy atom. The number of rotatable bonds is 8. The molecule has 0 fully saturated rings. The number of benzene rings is 1. The summed E-state index contributed by atoms with van der Waals surface area (Å²) in [6.45, 7) is 11.1. The molecule has 1 N–H and O–H groups in total. The van der Waals surface area contributed by atoms with Crippen LogP contribution in [0.3, 0.4) is 0 Å². The molecule has 5 heteroatoms. The van der Waals surface area contributed by atoms with Crippen LogP contribution < -0.4 is 5.32 Å². The molecule has 0 saturated carbocycles. The molecule has 1 aliphatic carbocycles. The molecule has 0 radical (unpaired) electrons. The summed E-state index contributed by atoms with van der Waals surface area (Å²) >= 11 is 0. The Morgan fingerprint density at radius 2 is 1.73 bits per heavy atom. The van der Waals surface area contributed by atoms with Crippen LogP contribution in [0.2, 0.25) is 0 Å². The van der Waals surface area contributed by atoms with Crippen LogP contribution in [0.5, 0.6) is 0 Å². The molecule has 0 heterocycles. The summed E-state index contributed by atoms with van der Waals surface area (Å²) in [5.41, 5.74) is 2.72. The third kappa shape index (κ3) is 5.71. The van der Waals surface area contributed by atoms with E-state index in [0.29, 0.717) is 0 Å². The predicted molar refractivity (Wildman–Crippen MR) is 102 cm³/mol. The van der Waals surface area contributed by atoms with E-state index in [1.54, 1.807) is 6.08 Å². The molecule has 2 rings (SSSR count). The number of allylic oxidation sites excluding steroid dienone is 4. The Morgan fingerprint density at radius 3 is 2.27 bits per heavy atom. The Labute approximate surface area is 154 Å². The summed E-state index contributed by atoms with van der Waals surface area (Å²) < 4.78 is 38.5. The monoisotopic (exact) mass is 366 g/mol. The van der Waals surface area contributed by atoms with Gasteiger partial charge in [-0.1, -0.05) is 57.2 Å². The van der Waals surface area contributed by atoms with Crippen molar-refractivity contribution in [2.24, 2.45) is 5.92 Å². The minimum Gasteiger partial charge on any atom is -0.311 e. The van der Waals surface area contributed by atoms with Gasteiger partial charge in [0.1, 0.15) is 0 Å². The summed E-state index contributed by atoms with van der Waals surface area (Å²) in [6.07, 6.45) is -1.34. The van der Waals surface area contributed by atoms with Gasteiger partial charge in [-0.2, -0.15) is 13.2 Å². The van der Waals surface area contributed by atoms with E-state index >= 15 is 0 Å². The second-order valence-electron chi connectivity index (χ2n) is 6.82. The smallest absolute Gasteiger partial charge is 0.311 e. The minimum atomic E-state index is -4.23. The molecule has 1 atom stereocenters. The maximum atomic E-state index is 12.8. The van der Waals surface area contributed by atoms with Crippen molar-refractivity contribution in [2.75, 3.05) is 26.2 Å². The molecule has 1 aromatic rings. The molecule has 2 nitrogen and oxygen atoms in total. The Kier molecular flexibility index (Phi) is 7.47. The van der Waals surface area contributed by atoms with Crippen LogP contribution in [-0.4, -0.2) is 37.3 Å². The lowest BCUT2D eigenvalue weighted by Gasteiger charge is -2.23. The summed E-state index contributed by atoms with van der Waals surface area (Å²) in [4.78, 5) is 2.37. The number of hydrogen-bond acceptors (Lipinski definition) is 2. The van der Waals surface area contributed by atoms with Crippen molar-refractivity contribution in [3.8, 4) is 0 Å². The number of alkyl halides is 3. The van der Waals surface area contributed by atoms with Gasteiger partial charge in [0.2, 0.25) is 0 Å². The largest absolute Gasteiger partial charge is 0.412 e. The molecule has 0 spiro atoms. The first kappa shape index (κ1) is 20.7. The molecule has 1 aliphatic rings. The van der Waals surface area contributed by atoms with Crippen LogP contribution in [0.4, 0.5) is 13.2 Å². The van der Waals surface area contributed by atoms with Gasteiger partial charge in [0, 0.05) is 25.2 Å². The lowest BCUT2D eigenvalue weighted by Crippen LogP contribution is -2.31. The fourth-order valence-electron chi connectivity index (χ4n) is 3.28. The number of nitrogens with one attached hydrogen (secondary N) is 1. The zero-order chi connectivity index (χ0) is 19.2. The molecule has 26 heavy (non-hydrogen) atoms. The topological polar surface area (TPSA) is 15.3 Å². The number of hydrogen-bond donors (Lipinski definition) is 1. The normalized spacial score (nSPS) is 18.0. The summed E-state index contributed by atoms with van der Waals surface area (Å²) in [5.74, 6) is -0.130. The number of likely N-dealkylation sites (N-methyl/N-ethyl adjacent to an activating group) is 1. The molecule has 144 valence electrons. The number of nitrogens with zero attached hydrogens (tertiary/aromatic N) is 1. The SMILES string of the molecule is CCN(CC)CCNCc1ccc(C2=CC=C(C(F)(F)F)CC2C)cc1. The van der Waals surface area contributed by atoms with Crippen molar-refractivity contribution >= 4 is 5.57 Å². The van der Waals surface area contributed by atoms with Gasteiger partial charge >= 0.3 is 6.18 Å². The molecule has 0 saturated heterocycles. The summed E-state index contributed by atoms with van der Waals surface area (Å²) in [5, 5.41) is 3.44. The van der Waals surface area contributed by atoms with E-state index in [4.69, 9.17) is 0 Å². The summed E-state index contributed by atoms with van der Waals surface area (Å²) in [6, 6.07) is 8.12. The summed E-state index contributed by atoms with van der Waals surface area (Å²) in [7, 11) is 0. The molecule has 1 aromatic carbocycles. The highest BCUT2D eigenvalue weighted by molar-refractivity contribution is 5.70. The highest BCUT2D eigenvalue weighted by Crippen LogP contribution is 2.38. The van der Waals surface area contributed by atoms with Gasteiger partial charge in [-0.3, -0.25) is 0 Å². The van der Waals surface area contributed by atoms with Crippen molar-refractivity contribution in [1.82, 2.24) is 10.2 Å². The maximum Gasteiger partial charge on any atom is 0.412 e. The van der Waals surface area contributed by atoms with E-state index < -0.39 is 11.7 Å². The fraction of sp³-hybridized carbons (Fsp3) is 0.524. The van der Waals surface area contributed by atoms with Gasteiger partial charge in [0.05, 0.1) is 0 Å². The lowest BCUT2D eigenvalue weighted by molar-refractivity contribution is -0.0948. The van der Waals surface area contributed by atoms with Crippen molar-refractivity contribution < 1.29 is 13.2 Å². The quantitative estimate of drug-likeness (QED) is 0.649. The zero-order valence-corrected chi connectivity index (χ0v) is 15.9. The highest BCUT2D eigenvalue weighted by Gasteiger charge is 2.35. The zero-order valence-electron chi connectivity index (χ0n) is 15.9. The lowest BCUT2D eigenvalue weighted by atomic mass is 9.84. The third-order valence-corrected chi connectivity index (χ3v) is 5.00. The van der Waals surface area contributed by atoms with Crippen molar-refractivity contribution in [3.05, 3.63) is 53.1 Å². The van der Waals surface area contributed by atoms with Crippen molar-refractivity contribution in [2.45, 2.75) is 39.9 Å². The molecule has 0 aliphatic heterocycles. The average Bonchev–Trinajstić information content (AvgIpc) is 2.62.